The number of fused-ring (bicyclic) bond motifs is 1. The first-order chi connectivity index (χ1) is 13.3. The van der Waals surface area contributed by atoms with Gasteiger partial charge in [0, 0.05) is 11.3 Å². The molecule has 0 spiro atoms. The first kappa shape index (κ1) is 17.5. The van der Waals surface area contributed by atoms with Crippen LogP contribution < -0.4 is 4.74 Å². The number of pyridine rings is 1. The van der Waals surface area contributed by atoms with Crippen molar-refractivity contribution in [2.45, 2.75) is 32.3 Å². The van der Waals surface area contributed by atoms with Crippen molar-refractivity contribution in [2.24, 2.45) is 0 Å². The van der Waals surface area contributed by atoms with Crippen LogP contribution in [0.2, 0.25) is 0 Å². The van der Waals surface area contributed by atoms with Crippen LogP contribution >= 0.6 is 12.2 Å². The van der Waals surface area contributed by atoms with Gasteiger partial charge in [-0.15, -0.1) is 0 Å². The van der Waals surface area contributed by atoms with E-state index >= 15 is 0 Å². The molecule has 0 saturated carbocycles. The number of nitrogens with zero attached hydrogens (tertiary/aromatic N) is 1. The SMILES string of the molecule is N#Cc1c(-c2cccc(OCc3ccccc3)c2)c2c([nH]c1=S)CCCC2. The van der Waals surface area contributed by atoms with E-state index in [1.165, 1.54) is 11.3 Å². The number of nitrogens with one attached hydrogen (secondary N) is 1. The number of nitriles is 1. The van der Waals surface area contributed by atoms with Crippen molar-refractivity contribution in [1.29, 1.82) is 5.26 Å². The number of rotatable bonds is 4. The lowest BCUT2D eigenvalue weighted by atomic mass is 9.87. The summed E-state index contributed by atoms with van der Waals surface area (Å²) < 4.78 is 6.52. The van der Waals surface area contributed by atoms with Gasteiger partial charge in [0.2, 0.25) is 0 Å². The molecule has 0 amide bonds. The van der Waals surface area contributed by atoms with Gasteiger partial charge in [0.15, 0.2) is 0 Å². The number of aromatic amines is 1. The quantitative estimate of drug-likeness (QED) is 0.594. The van der Waals surface area contributed by atoms with E-state index in [1.807, 2.05) is 54.6 Å². The second-order valence-electron chi connectivity index (χ2n) is 6.78. The lowest BCUT2D eigenvalue weighted by Gasteiger charge is -2.21. The molecule has 0 unspecified atom stereocenters. The van der Waals surface area contributed by atoms with Gasteiger partial charge in [0.1, 0.15) is 23.1 Å². The molecule has 1 heterocycles. The minimum absolute atomic E-state index is 0.516. The fourth-order valence-electron chi connectivity index (χ4n) is 3.69. The van der Waals surface area contributed by atoms with Crippen molar-refractivity contribution in [3.8, 4) is 22.9 Å². The molecular weight excluding hydrogens is 352 g/mol. The summed E-state index contributed by atoms with van der Waals surface area (Å²) in [5.74, 6) is 0.795. The fraction of sp³-hybridized carbons (Fsp3) is 0.217. The van der Waals surface area contributed by atoms with Gasteiger partial charge in [-0.1, -0.05) is 54.7 Å². The Labute approximate surface area is 164 Å². The Balaban J connectivity index is 1.73. The van der Waals surface area contributed by atoms with E-state index in [2.05, 4.69) is 11.1 Å². The minimum Gasteiger partial charge on any atom is -0.489 e. The maximum Gasteiger partial charge on any atom is 0.122 e. The highest BCUT2D eigenvalue weighted by atomic mass is 32.1. The number of hydrogen-bond acceptors (Lipinski definition) is 3. The van der Waals surface area contributed by atoms with E-state index in [9.17, 15) is 5.26 Å². The van der Waals surface area contributed by atoms with Crippen LogP contribution in [0, 0.1) is 16.0 Å². The second-order valence-corrected chi connectivity index (χ2v) is 7.19. The van der Waals surface area contributed by atoms with Gasteiger partial charge in [-0.2, -0.15) is 5.26 Å². The topological polar surface area (TPSA) is 48.8 Å². The summed E-state index contributed by atoms with van der Waals surface area (Å²) in [5, 5.41) is 9.72. The summed E-state index contributed by atoms with van der Waals surface area (Å²) in [4.78, 5) is 3.28. The molecule has 4 heteroatoms. The van der Waals surface area contributed by atoms with Crippen LogP contribution in [0.5, 0.6) is 5.75 Å². The van der Waals surface area contributed by atoms with Gasteiger partial charge in [0.05, 0.1) is 5.56 Å². The van der Waals surface area contributed by atoms with Gasteiger partial charge < -0.3 is 9.72 Å². The molecule has 1 aliphatic rings. The summed E-state index contributed by atoms with van der Waals surface area (Å²) in [7, 11) is 0. The molecule has 1 aliphatic carbocycles. The van der Waals surface area contributed by atoms with Crippen molar-refractivity contribution < 1.29 is 4.74 Å². The normalized spacial score (nSPS) is 12.9. The first-order valence-corrected chi connectivity index (χ1v) is 9.62. The first-order valence-electron chi connectivity index (χ1n) is 9.21. The number of ether oxygens (including phenoxy) is 1. The number of benzene rings is 2. The standard InChI is InChI=1S/C23H20N2OS/c24-14-20-22(19-11-4-5-12-21(19)25-23(20)27)17-9-6-10-18(13-17)26-15-16-7-2-1-3-8-16/h1-3,6-10,13H,4-5,11-12,15H2,(H,25,27). The largest absolute Gasteiger partial charge is 0.489 e. The van der Waals surface area contributed by atoms with Crippen LogP contribution in [-0.4, -0.2) is 4.98 Å². The van der Waals surface area contributed by atoms with Gasteiger partial charge in [0.25, 0.3) is 0 Å². The predicted molar refractivity (Wildman–Crippen MR) is 109 cm³/mol. The Bertz CT molecular complexity index is 1060. The molecule has 3 aromatic rings. The summed E-state index contributed by atoms with van der Waals surface area (Å²) in [5.41, 5.74) is 6.06. The molecular formula is C23H20N2OS. The van der Waals surface area contributed by atoms with E-state index in [0.717, 1.165) is 48.1 Å². The van der Waals surface area contributed by atoms with Crippen LogP contribution in [0.25, 0.3) is 11.1 Å². The second kappa shape index (κ2) is 7.77. The molecule has 1 aromatic heterocycles. The van der Waals surface area contributed by atoms with Crippen LogP contribution in [-0.2, 0) is 19.4 Å². The third kappa shape index (κ3) is 3.65. The molecule has 0 atom stereocenters. The molecule has 2 aromatic carbocycles. The van der Waals surface area contributed by atoms with E-state index < -0.39 is 0 Å². The van der Waals surface area contributed by atoms with Crippen molar-refractivity contribution in [1.82, 2.24) is 4.98 Å². The predicted octanol–water partition coefficient (Wildman–Crippen LogP) is 5.74. The zero-order valence-corrected chi connectivity index (χ0v) is 15.8. The van der Waals surface area contributed by atoms with Crippen LogP contribution in [0.15, 0.2) is 54.6 Å². The summed E-state index contributed by atoms with van der Waals surface area (Å²) >= 11 is 5.46. The maximum atomic E-state index is 9.72. The van der Waals surface area contributed by atoms with Crippen LogP contribution in [0.4, 0.5) is 0 Å². The smallest absolute Gasteiger partial charge is 0.122 e. The molecule has 0 radical (unpaired) electrons. The minimum atomic E-state index is 0.516. The van der Waals surface area contributed by atoms with Crippen LogP contribution in [0.3, 0.4) is 0 Å². The Kier molecular flexibility index (Phi) is 5.04. The Morgan fingerprint density at radius 3 is 2.67 bits per heavy atom. The van der Waals surface area contributed by atoms with Gasteiger partial charge in [-0.3, -0.25) is 0 Å². The number of aromatic nitrogens is 1. The third-order valence-electron chi connectivity index (χ3n) is 4.99. The molecule has 3 nitrogen and oxygen atoms in total. The highest BCUT2D eigenvalue weighted by Crippen LogP contribution is 2.35. The molecule has 0 fully saturated rings. The van der Waals surface area contributed by atoms with Gasteiger partial charge >= 0.3 is 0 Å². The average molecular weight is 372 g/mol. The molecule has 0 aliphatic heterocycles. The Hall–Kier alpha value is -2.90. The van der Waals surface area contributed by atoms with Crippen molar-refractivity contribution >= 4 is 12.2 Å². The van der Waals surface area contributed by atoms with Crippen LogP contribution in [0.1, 0.15) is 35.2 Å². The summed E-state index contributed by atoms with van der Waals surface area (Å²) in [6.07, 6.45) is 4.26. The number of aryl methyl sites for hydroxylation is 1. The molecule has 0 saturated heterocycles. The van der Waals surface area contributed by atoms with E-state index in [-0.39, 0.29) is 0 Å². The lowest BCUT2D eigenvalue weighted by Crippen LogP contribution is -2.09. The van der Waals surface area contributed by atoms with E-state index in [1.54, 1.807) is 0 Å². The van der Waals surface area contributed by atoms with Crippen molar-refractivity contribution in [2.75, 3.05) is 0 Å². The molecule has 0 bridgehead atoms. The summed E-state index contributed by atoms with van der Waals surface area (Å²) in [6, 6.07) is 20.4. The molecule has 1 N–H and O–H groups in total. The monoisotopic (exact) mass is 372 g/mol. The van der Waals surface area contributed by atoms with Crippen molar-refractivity contribution in [3.05, 3.63) is 81.6 Å². The summed E-state index contributed by atoms with van der Waals surface area (Å²) in [6.45, 7) is 0.516. The van der Waals surface area contributed by atoms with Crippen molar-refractivity contribution in [3.63, 3.8) is 0 Å². The maximum absolute atomic E-state index is 9.72. The highest BCUT2D eigenvalue weighted by molar-refractivity contribution is 7.71. The fourth-order valence-corrected chi connectivity index (χ4v) is 3.96. The third-order valence-corrected chi connectivity index (χ3v) is 5.30. The number of hydrogen-bond donors (Lipinski definition) is 1. The Morgan fingerprint density at radius 1 is 1.04 bits per heavy atom. The van der Waals surface area contributed by atoms with E-state index in [4.69, 9.17) is 17.0 Å². The highest BCUT2D eigenvalue weighted by Gasteiger charge is 2.20. The molecule has 4 rings (SSSR count). The van der Waals surface area contributed by atoms with Gasteiger partial charge in [-0.25, -0.2) is 0 Å². The van der Waals surface area contributed by atoms with Gasteiger partial charge in [-0.05, 0) is 54.5 Å². The zero-order valence-electron chi connectivity index (χ0n) is 15.0. The Morgan fingerprint density at radius 2 is 1.85 bits per heavy atom. The molecule has 27 heavy (non-hydrogen) atoms. The molecule has 134 valence electrons. The average Bonchev–Trinajstić information content (AvgIpc) is 2.72. The van der Waals surface area contributed by atoms with E-state index in [0.29, 0.717) is 16.8 Å². The number of H-pyrrole nitrogens is 1. The lowest BCUT2D eigenvalue weighted by molar-refractivity contribution is 0.306. The zero-order chi connectivity index (χ0) is 18.6.